The minimum atomic E-state index is -0.0103. The van der Waals surface area contributed by atoms with Gasteiger partial charge in [0, 0.05) is 22.2 Å². The summed E-state index contributed by atoms with van der Waals surface area (Å²) in [4.78, 5) is 19.4. The molecule has 0 aliphatic carbocycles. The van der Waals surface area contributed by atoms with Gasteiger partial charge in [-0.05, 0) is 80.9 Å². The molecule has 0 unspecified atom stereocenters. The summed E-state index contributed by atoms with van der Waals surface area (Å²) in [5, 5.41) is 7.79. The summed E-state index contributed by atoms with van der Waals surface area (Å²) < 4.78 is 10.6. The van der Waals surface area contributed by atoms with Crippen molar-refractivity contribution in [3.8, 4) is 17.1 Å². The first-order valence-corrected chi connectivity index (χ1v) is 10.7. The van der Waals surface area contributed by atoms with Gasteiger partial charge in [0.15, 0.2) is 0 Å². The first-order valence-electron chi connectivity index (χ1n) is 10.3. The molecule has 2 aromatic carbocycles. The number of likely N-dealkylation sites (tertiary alicyclic amines) is 1. The largest absolute Gasteiger partial charge is 0.497 e. The molecule has 1 fully saturated rings. The summed E-state index contributed by atoms with van der Waals surface area (Å²) in [6.45, 7) is 4.12. The Kier molecular flexibility index (Phi) is 6.53. The van der Waals surface area contributed by atoms with Crippen LogP contribution >= 0.6 is 11.6 Å². The quantitative estimate of drug-likeness (QED) is 0.605. The Labute approximate surface area is 186 Å². The highest BCUT2D eigenvalue weighted by Gasteiger charge is 2.26. The van der Waals surface area contributed by atoms with Gasteiger partial charge >= 0.3 is 0 Å². The predicted octanol–water partition coefficient (Wildman–Crippen LogP) is 4.56. The van der Waals surface area contributed by atoms with E-state index in [1.54, 1.807) is 13.2 Å². The zero-order valence-electron chi connectivity index (χ0n) is 17.6. The highest BCUT2D eigenvalue weighted by atomic mass is 35.5. The molecule has 31 heavy (non-hydrogen) atoms. The molecule has 0 saturated carbocycles. The van der Waals surface area contributed by atoms with E-state index in [1.165, 1.54) is 0 Å². The fourth-order valence-electron chi connectivity index (χ4n) is 3.72. The third-order valence-corrected chi connectivity index (χ3v) is 5.81. The Hall–Kier alpha value is -2.90. The summed E-state index contributed by atoms with van der Waals surface area (Å²) >= 11 is 5.99. The van der Waals surface area contributed by atoms with Crippen LogP contribution in [0.5, 0.6) is 5.75 Å². The Bertz CT molecular complexity index is 1040. The number of hydrogen-bond donors (Lipinski definition) is 1. The number of rotatable bonds is 6. The monoisotopic (exact) mass is 440 g/mol. The second-order valence-electron chi connectivity index (χ2n) is 7.74. The molecule has 1 saturated heterocycles. The number of benzene rings is 2. The summed E-state index contributed by atoms with van der Waals surface area (Å²) in [5.41, 5.74) is 2.65. The first kappa shape index (κ1) is 21.3. The summed E-state index contributed by atoms with van der Waals surface area (Å²) in [7, 11) is 1.63. The number of amides is 1. The van der Waals surface area contributed by atoms with Crippen LogP contribution in [-0.2, 0) is 11.3 Å². The summed E-state index contributed by atoms with van der Waals surface area (Å²) in [6.07, 6.45) is 1.58. The highest BCUT2D eigenvalue weighted by Crippen LogP contribution is 2.25. The number of aromatic nitrogens is 2. The van der Waals surface area contributed by atoms with E-state index in [2.05, 4.69) is 20.4 Å². The summed E-state index contributed by atoms with van der Waals surface area (Å²) in [5.74, 6) is 1.97. The zero-order valence-corrected chi connectivity index (χ0v) is 18.4. The molecule has 162 valence electrons. The smallest absolute Gasteiger partial charge is 0.241 e. The molecule has 1 aromatic heterocycles. The molecule has 0 radical (unpaired) electrons. The number of nitrogens with zero attached hydrogens (tertiary/aromatic N) is 3. The van der Waals surface area contributed by atoms with Crippen LogP contribution in [0, 0.1) is 12.8 Å². The van der Waals surface area contributed by atoms with E-state index in [4.69, 9.17) is 20.9 Å². The molecule has 1 aliphatic heterocycles. The van der Waals surface area contributed by atoms with E-state index >= 15 is 0 Å². The molecule has 1 aliphatic rings. The van der Waals surface area contributed by atoms with Gasteiger partial charge in [-0.1, -0.05) is 16.8 Å². The zero-order chi connectivity index (χ0) is 21.8. The van der Waals surface area contributed by atoms with Crippen molar-refractivity contribution in [1.82, 2.24) is 15.0 Å². The molecular formula is C23H25ClN4O3. The fourth-order valence-corrected chi connectivity index (χ4v) is 3.95. The number of carbonyl (C=O) groups excluding carboxylic acids is 1. The van der Waals surface area contributed by atoms with E-state index in [-0.39, 0.29) is 11.8 Å². The van der Waals surface area contributed by atoms with Crippen molar-refractivity contribution in [2.45, 2.75) is 26.3 Å². The van der Waals surface area contributed by atoms with Crippen molar-refractivity contribution in [3.05, 3.63) is 58.9 Å². The van der Waals surface area contributed by atoms with Crippen LogP contribution in [0.2, 0.25) is 5.02 Å². The van der Waals surface area contributed by atoms with E-state index in [1.807, 2.05) is 43.3 Å². The van der Waals surface area contributed by atoms with E-state index in [0.717, 1.165) is 48.5 Å². The standard InChI is InChI=1S/C23H25ClN4O3/c1-15-13-18(24)5-8-20(15)25-23(29)17-9-11-28(12-10-17)14-21-26-22(27-31-21)16-3-6-19(30-2)7-4-16/h3-8,13,17H,9-12,14H2,1-2H3,(H,25,29). The maximum atomic E-state index is 12.7. The number of nitrogens with one attached hydrogen (secondary N) is 1. The fraction of sp³-hybridized carbons (Fsp3) is 0.348. The van der Waals surface area contributed by atoms with Crippen LogP contribution in [0.3, 0.4) is 0 Å². The normalized spacial score (nSPS) is 15.1. The number of anilines is 1. The molecular weight excluding hydrogens is 416 g/mol. The van der Waals surface area contributed by atoms with Crippen molar-refractivity contribution in [2.24, 2.45) is 5.92 Å². The third kappa shape index (κ3) is 5.24. The SMILES string of the molecule is COc1ccc(-c2noc(CN3CCC(C(=O)Nc4ccc(Cl)cc4C)CC3)n2)cc1. The molecule has 1 N–H and O–H groups in total. The first-order chi connectivity index (χ1) is 15.0. The number of hydrogen-bond acceptors (Lipinski definition) is 6. The molecule has 7 nitrogen and oxygen atoms in total. The van der Waals surface area contributed by atoms with Crippen molar-refractivity contribution in [3.63, 3.8) is 0 Å². The Morgan fingerprint density at radius 1 is 1.23 bits per heavy atom. The molecule has 0 spiro atoms. The Morgan fingerprint density at radius 2 is 1.97 bits per heavy atom. The van der Waals surface area contributed by atoms with Gasteiger partial charge in [0.1, 0.15) is 5.75 Å². The topological polar surface area (TPSA) is 80.5 Å². The van der Waals surface area contributed by atoms with Crippen molar-refractivity contribution >= 4 is 23.2 Å². The van der Waals surface area contributed by atoms with Crippen LogP contribution in [-0.4, -0.2) is 41.1 Å². The van der Waals surface area contributed by atoms with Gasteiger partial charge in [-0.2, -0.15) is 4.98 Å². The summed E-state index contributed by atoms with van der Waals surface area (Å²) in [6, 6.07) is 13.0. The minimum Gasteiger partial charge on any atom is -0.497 e. The van der Waals surface area contributed by atoms with Crippen LogP contribution in [0.15, 0.2) is 47.0 Å². The second-order valence-corrected chi connectivity index (χ2v) is 8.18. The van der Waals surface area contributed by atoms with E-state index in [0.29, 0.717) is 23.3 Å². The van der Waals surface area contributed by atoms with Gasteiger partial charge in [0.2, 0.25) is 17.6 Å². The minimum absolute atomic E-state index is 0.0103. The maximum absolute atomic E-state index is 12.7. The van der Waals surface area contributed by atoms with Gasteiger partial charge in [-0.3, -0.25) is 9.69 Å². The lowest BCUT2D eigenvalue weighted by molar-refractivity contribution is -0.121. The van der Waals surface area contributed by atoms with Crippen molar-refractivity contribution < 1.29 is 14.1 Å². The Morgan fingerprint density at radius 3 is 2.65 bits per heavy atom. The number of ether oxygens (including phenoxy) is 1. The Balaban J connectivity index is 1.29. The average Bonchev–Trinajstić information content (AvgIpc) is 3.24. The number of piperidine rings is 1. The van der Waals surface area contributed by atoms with Crippen LogP contribution in [0.25, 0.3) is 11.4 Å². The molecule has 0 atom stereocenters. The average molecular weight is 441 g/mol. The molecule has 4 rings (SSSR count). The molecule has 2 heterocycles. The third-order valence-electron chi connectivity index (χ3n) is 5.58. The number of halogens is 1. The molecule has 1 amide bonds. The molecule has 3 aromatic rings. The van der Waals surface area contributed by atoms with Gasteiger partial charge in [0.05, 0.1) is 13.7 Å². The van der Waals surface area contributed by atoms with E-state index < -0.39 is 0 Å². The number of carbonyl (C=O) groups is 1. The van der Waals surface area contributed by atoms with Crippen LogP contribution < -0.4 is 10.1 Å². The number of methoxy groups -OCH3 is 1. The molecule has 8 heteroatoms. The lowest BCUT2D eigenvalue weighted by Crippen LogP contribution is -2.37. The lowest BCUT2D eigenvalue weighted by atomic mass is 9.95. The van der Waals surface area contributed by atoms with Gasteiger partial charge < -0.3 is 14.6 Å². The maximum Gasteiger partial charge on any atom is 0.241 e. The van der Waals surface area contributed by atoms with E-state index in [9.17, 15) is 4.79 Å². The lowest BCUT2D eigenvalue weighted by Gasteiger charge is -2.30. The van der Waals surface area contributed by atoms with Crippen molar-refractivity contribution in [2.75, 3.05) is 25.5 Å². The number of aryl methyl sites for hydroxylation is 1. The van der Waals surface area contributed by atoms with Crippen LogP contribution in [0.1, 0.15) is 24.3 Å². The predicted molar refractivity (Wildman–Crippen MR) is 119 cm³/mol. The molecule has 0 bridgehead atoms. The second kappa shape index (κ2) is 9.49. The van der Waals surface area contributed by atoms with Gasteiger partial charge in [-0.25, -0.2) is 0 Å². The van der Waals surface area contributed by atoms with Gasteiger partial charge in [-0.15, -0.1) is 0 Å². The van der Waals surface area contributed by atoms with Crippen molar-refractivity contribution in [1.29, 1.82) is 0 Å². The highest BCUT2D eigenvalue weighted by molar-refractivity contribution is 6.30. The van der Waals surface area contributed by atoms with Crippen LogP contribution in [0.4, 0.5) is 5.69 Å². The van der Waals surface area contributed by atoms with Gasteiger partial charge in [0.25, 0.3) is 0 Å².